The molecule has 10 heteroatoms. The van der Waals surface area contributed by atoms with E-state index in [0.29, 0.717) is 13.2 Å². The van der Waals surface area contributed by atoms with Crippen molar-refractivity contribution in [1.82, 2.24) is 0 Å². The molecule has 2 rings (SSSR count). The Kier molecular flexibility index (Phi) is 6.37. The molecule has 1 aromatic carbocycles. The number of nitrogens with one attached hydrogen (secondary N) is 1. The van der Waals surface area contributed by atoms with Gasteiger partial charge < -0.3 is 19.5 Å². The number of nitrogens with zero attached hydrogens (tertiary/aromatic N) is 2. The van der Waals surface area contributed by atoms with Gasteiger partial charge in [-0.05, 0) is 53.7 Å². The molecule has 1 saturated heterocycles. The fraction of sp³-hybridized carbons (Fsp3) is 0.579. The minimum atomic E-state index is -0.946. The summed E-state index contributed by atoms with van der Waals surface area (Å²) in [7, 11) is 0. The van der Waals surface area contributed by atoms with Crippen LogP contribution in [0.3, 0.4) is 0 Å². The number of anilines is 2. The number of carbonyl (C=O) groups excluding carboxylic acids is 2. The molecule has 0 unspecified atom stereocenters. The van der Waals surface area contributed by atoms with Gasteiger partial charge in [-0.15, -0.1) is 0 Å². The van der Waals surface area contributed by atoms with Crippen molar-refractivity contribution in [3.8, 4) is 0 Å². The highest BCUT2D eigenvalue weighted by molar-refractivity contribution is 6.10. The Morgan fingerprint density at radius 2 is 1.62 bits per heavy atom. The Balaban J connectivity index is 2.44. The summed E-state index contributed by atoms with van der Waals surface area (Å²) in [5, 5.41) is 14.4. The molecule has 29 heavy (non-hydrogen) atoms. The van der Waals surface area contributed by atoms with E-state index in [0.717, 1.165) is 4.90 Å². The average molecular weight is 409 g/mol. The van der Waals surface area contributed by atoms with E-state index in [2.05, 4.69) is 5.32 Å². The second-order valence-electron chi connectivity index (χ2n) is 8.63. The zero-order valence-corrected chi connectivity index (χ0v) is 17.5. The summed E-state index contributed by atoms with van der Waals surface area (Å²) in [6, 6.07) is 3.78. The van der Waals surface area contributed by atoms with Gasteiger partial charge in [0, 0.05) is 6.07 Å². The van der Waals surface area contributed by atoms with Crippen molar-refractivity contribution in [3.05, 3.63) is 28.3 Å². The second kappa shape index (κ2) is 8.24. The number of carbonyl (C=O) groups is 2. The Labute approximate surface area is 169 Å². The summed E-state index contributed by atoms with van der Waals surface area (Å²) in [4.78, 5) is 37.0. The number of nitro benzene ring substituents is 1. The van der Waals surface area contributed by atoms with E-state index in [1.807, 2.05) is 0 Å². The fourth-order valence-electron chi connectivity index (χ4n) is 2.38. The molecule has 1 aliphatic heterocycles. The number of nitro groups is 1. The molecular formula is C19H27N3O7. The van der Waals surface area contributed by atoms with Gasteiger partial charge in [0.1, 0.15) is 16.9 Å². The van der Waals surface area contributed by atoms with Crippen LogP contribution < -0.4 is 10.2 Å². The van der Waals surface area contributed by atoms with Crippen LogP contribution in [0.4, 0.5) is 26.7 Å². The molecule has 0 aromatic heterocycles. The maximum atomic E-state index is 12.7. The van der Waals surface area contributed by atoms with Crippen molar-refractivity contribution in [2.75, 3.05) is 23.4 Å². The third-order valence-electron chi connectivity index (χ3n) is 3.58. The summed E-state index contributed by atoms with van der Waals surface area (Å²) in [6.07, 6.45) is -1.89. The van der Waals surface area contributed by atoms with Gasteiger partial charge in [-0.1, -0.05) is 0 Å². The van der Waals surface area contributed by atoms with Gasteiger partial charge >= 0.3 is 12.2 Å². The molecule has 0 atom stereocenters. The van der Waals surface area contributed by atoms with E-state index in [4.69, 9.17) is 14.2 Å². The third-order valence-corrected chi connectivity index (χ3v) is 3.58. The van der Waals surface area contributed by atoms with Gasteiger partial charge in [-0.3, -0.25) is 10.1 Å². The molecule has 1 fully saturated rings. The molecule has 1 aromatic rings. The average Bonchev–Trinajstić information content (AvgIpc) is 2.47. The van der Waals surface area contributed by atoms with Crippen LogP contribution in [0.15, 0.2) is 18.2 Å². The number of imide groups is 1. The van der Waals surface area contributed by atoms with Gasteiger partial charge in [0.2, 0.25) is 0 Å². The van der Waals surface area contributed by atoms with Crippen LogP contribution in [0.5, 0.6) is 0 Å². The number of ether oxygens (including phenoxy) is 3. The minimum absolute atomic E-state index is 0.0850. The first-order valence-electron chi connectivity index (χ1n) is 9.15. The highest BCUT2D eigenvalue weighted by Gasteiger charge is 2.34. The van der Waals surface area contributed by atoms with Crippen LogP contribution in [0.2, 0.25) is 0 Å². The maximum Gasteiger partial charge on any atom is 0.424 e. The SMILES string of the molecule is CC(C)(C)OC(=O)N(C(=O)OC(C)(C)C)c1ccc([N+](=O)[O-])c(NC2COC2)c1. The molecule has 0 saturated carbocycles. The molecule has 0 spiro atoms. The van der Waals surface area contributed by atoms with Crippen LogP contribution in [-0.2, 0) is 14.2 Å². The normalized spacial score (nSPS) is 14.6. The topological polar surface area (TPSA) is 120 Å². The quantitative estimate of drug-likeness (QED) is 0.583. The zero-order valence-electron chi connectivity index (χ0n) is 17.5. The molecule has 0 aliphatic carbocycles. The molecule has 0 radical (unpaired) electrons. The van der Waals surface area contributed by atoms with E-state index in [-0.39, 0.29) is 23.1 Å². The predicted octanol–water partition coefficient (Wildman–Crippen LogP) is 4.08. The maximum absolute atomic E-state index is 12.7. The van der Waals surface area contributed by atoms with Crippen molar-refractivity contribution in [2.45, 2.75) is 58.8 Å². The van der Waals surface area contributed by atoms with Crippen molar-refractivity contribution in [1.29, 1.82) is 0 Å². The zero-order chi connectivity index (χ0) is 22.0. The van der Waals surface area contributed by atoms with Crippen LogP contribution >= 0.6 is 0 Å². The van der Waals surface area contributed by atoms with E-state index in [1.165, 1.54) is 18.2 Å². The number of hydrogen-bond donors (Lipinski definition) is 1. The molecule has 1 N–H and O–H groups in total. The molecule has 160 valence electrons. The number of amides is 2. The minimum Gasteiger partial charge on any atom is -0.443 e. The predicted molar refractivity (Wildman–Crippen MR) is 106 cm³/mol. The van der Waals surface area contributed by atoms with Crippen LogP contribution in [0.1, 0.15) is 41.5 Å². The highest BCUT2D eigenvalue weighted by atomic mass is 16.6. The molecule has 10 nitrogen and oxygen atoms in total. The Morgan fingerprint density at radius 3 is 2.00 bits per heavy atom. The number of hydrogen-bond acceptors (Lipinski definition) is 8. The Hall–Kier alpha value is -2.88. The third kappa shape index (κ3) is 6.31. The highest BCUT2D eigenvalue weighted by Crippen LogP contribution is 2.32. The van der Waals surface area contributed by atoms with Crippen LogP contribution in [-0.4, -0.2) is 47.6 Å². The van der Waals surface area contributed by atoms with Crippen LogP contribution in [0, 0.1) is 10.1 Å². The lowest BCUT2D eigenvalue weighted by Crippen LogP contribution is -2.44. The fourth-order valence-corrected chi connectivity index (χ4v) is 2.38. The van der Waals surface area contributed by atoms with Crippen molar-refractivity contribution >= 4 is 29.2 Å². The summed E-state index contributed by atoms with van der Waals surface area (Å²) < 4.78 is 15.7. The summed E-state index contributed by atoms with van der Waals surface area (Å²) in [5.74, 6) is 0. The summed E-state index contributed by atoms with van der Waals surface area (Å²) in [5.41, 5.74) is -1.65. The lowest BCUT2D eigenvalue weighted by molar-refractivity contribution is -0.384. The van der Waals surface area contributed by atoms with E-state index in [1.54, 1.807) is 41.5 Å². The number of benzene rings is 1. The van der Waals surface area contributed by atoms with Crippen molar-refractivity contribution in [2.24, 2.45) is 0 Å². The monoisotopic (exact) mass is 409 g/mol. The first kappa shape index (κ1) is 22.4. The Morgan fingerprint density at radius 1 is 1.10 bits per heavy atom. The van der Waals surface area contributed by atoms with Crippen molar-refractivity contribution < 1.29 is 28.7 Å². The van der Waals surface area contributed by atoms with Gasteiger partial charge in [-0.25, -0.2) is 9.59 Å². The van der Waals surface area contributed by atoms with Gasteiger partial charge in [0.15, 0.2) is 0 Å². The lowest BCUT2D eigenvalue weighted by atomic mass is 10.2. The summed E-state index contributed by atoms with van der Waals surface area (Å²) >= 11 is 0. The Bertz CT molecular complexity index is 764. The molecule has 1 heterocycles. The van der Waals surface area contributed by atoms with E-state index < -0.39 is 28.3 Å². The van der Waals surface area contributed by atoms with Gasteiger partial charge in [0.05, 0.1) is 29.9 Å². The van der Waals surface area contributed by atoms with Gasteiger partial charge in [-0.2, -0.15) is 4.90 Å². The molecule has 0 bridgehead atoms. The lowest BCUT2D eigenvalue weighted by Gasteiger charge is -2.30. The van der Waals surface area contributed by atoms with Gasteiger partial charge in [0.25, 0.3) is 5.69 Å². The van der Waals surface area contributed by atoms with E-state index >= 15 is 0 Å². The first-order chi connectivity index (χ1) is 13.3. The van der Waals surface area contributed by atoms with Crippen LogP contribution in [0.25, 0.3) is 0 Å². The molecule has 1 aliphatic rings. The smallest absolute Gasteiger partial charge is 0.424 e. The number of rotatable bonds is 4. The van der Waals surface area contributed by atoms with Crippen molar-refractivity contribution in [3.63, 3.8) is 0 Å². The molecular weight excluding hydrogens is 382 g/mol. The second-order valence-corrected chi connectivity index (χ2v) is 8.63. The standard InChI is InChI=1S/C19H27N3O7/c1-18(2,3)28-16(23)21(17(24)29-19(4,5)6)13-7-8-15(22(25)26)14(9-13)20-12-10-27-11-12/h7-9,12,20H,10-11H2,1-6H3. The first-order valence-corrected chi connectivity index (χ1v) is 9.15. The summed E-state index contributed by atoms with van der Waals surface area (Å²) in [6.45, 7) is 10.8. The van der Waals surface area contributed by atoms with E-state index in [9.17, 15) is 19.7 Å². The molecule has 2 amide bonds. The largest absolute Gasteiger partial charge is 0.443 e.